The van der Waals surface area contributed by atoms with Crippen molar-refractivity contribution in [3.05, 3.63) is 0 Å². The van der Waals surface area contributed by atoms with Crippen molar-refractivity contribution < 1.29 is 9.78 Å². The van der Waals surface area contributed by atoms with Crippen molar-refractivity contribution in [1.29, 1.82) is 0 Å². The van der Waals surface area contributed by atoms with Gasteiger partial charge < -0.3 is 0 Å². The molecule has 0 N–H and O–H groups in total. The maximum atomic E-state index is 5.20. The molecule has 0 saturated carbocycles. The first-order valence-electron chi connectivity index (χ1n) is 6.43. The molecule has 0 spiro atoms. The Morgan fingerprint density at radius 3 is 1.94 bits per heavy atom. The van der Waals surface area contributed by atoms with Crippen LogP contribution in [-0.4, -0.2) is 12.2 Å². The maximum Gasteiger partial charge on any atom is 0.0952 e. The highest BCUT2D eigenvalue weighted by atomic mass is 17.2. The molecule has 0 rings (SSSR count). The molecule has 0 radical (unpaired) electrons. The summed E-state index contributed by atoms with van der Waals surface area (Å²) in [5.41, 5.74) is 0.224. The minimum absolute atomic E-state index is 0.196. The van der Waals surface area contributed by atoms with Gasteiger partial charge in [-0.3, -0.25) is 0 Å². The zero-order valence-corrected chi connectivity index (χ0v) is 12.2. The van der Waals surface area contributed by atoms with Gasteiger partial charge in [0.2, 0.25) is 0 Å². The summed E-state index contributed by atoms with van der Waals surface area (Å²) in [4.78, 5) is 10.4. The fraction of sp³-hybridized carbons (Fsp3) is 1.00. The Balaban J connectivity index is 3.41. The highest BCUT2D eigenvalue weighted by molar-refractivity contribution is 4.69. The predicted molar refractivity (Wildman–Crippen MR) is 69.3 cm³/mol. The summed E-state index contributed by atoms with van der Waals surface area (Å²) in [6.45, 7) is 15.9. The Labute approximate surface area is 102 Å². The minimum atomic E-state index is -0.196. The summed E-state index contributed by atoms with van der Waals surface area (Å²) >= 11 is 0. The van der Waals surface area contributed by atoms with Crippen molar-refractivity contribution in [2.75, 3.05) is 6.61 Å². The van der Waals surface area contributed by atoms with E-state index in [2.05, 4.69) is 27.7 Å². The highest BCUT2D eigenvalue weighted by Gasteiger charge is 2.19. The van der Waals surface area contributed by atoms with Crippen LogP contribution in [0.5, 0.6) is 0 Å². The molecule has 0 heterocycles. The first-order valence-corrected chi connectivity index (χ1v) is 6.43. The van der Waals surface area contributed by atoms with E-state index in [1.54, 1.807) is 0 Å². The average molecular weight is 230 g/mol. The predicted octanol–water partition coefficient (Wildman–Crippen LogP) is 4.59. The van der Waals surface area contributed by atoms with Gasteiger partial charge in [0.15, 0.2) is 0 Å². The smallest absolute Gasteiger partial charge is 0.0952 e. The standard InChI is InChI=1S/C14H30O2/c1-12(13(2,3)4)10-8-9-11-15-16-14(5,6)7/h12H,8-11H2,1-7H3. The fourth-order valence-electron chi connectivity index (χ4n) is 1.26. The highest BCUT2D eigenvalue weighted by Crippen LogP contribution is 2.29. The normalized spacial score (nSPS) is 15.2. The summed E-state index contributed by atoms with van der Waals surface area (Å²) in [7, 11) is 0. The second-order valence-electron chi connectivity index (χ2n) is 6.78. The summed E-state index contributed by atoms with van der Waals surface area (Å²) in [5, 5.41) is 0. The van der Waals surface area contributed by atoms with E-state index < -0.39 is 0 Å². The van der Waals surface area contributed by atoms with Crippen molar-refractivity contribution >= 4 is 0 Å². The third-order valence-corrected chi connectivity index (χ3v) is 2.90. The van der Waals surface area contributed by atoms with Gasteiger partial charge in [-0.05, 0) is 38.5 Å². The molecule has 0 aromatic heterocycles. The molecule has 0 bridgehead atoms. The maximum absolute atomic E-state index is 5.20. The molecule has 0 aliphatic carbocycles. The van der Waals surface area contributed by atoms with Gasteiger partial charge in [-0.25, -0.2) is 9.78 Å². The summed E-state index contributed by atoms with van der Waals surface area (Å²) < 4.78 is 0. The van der Waals surface area contributed by atoms with E-state index in [0.29, 0.717) is 12.0 Å². The van der Waals surface area contributed by atoms with E-state index in [4.69, 9.17) is 9.78 Å². The Hall–Kier alpha value is -0.0800. The Bertz CT molecular complexity index is 174. The molecule has 0 amide bonds. The Morgan fingerprint density at radius 1 is 0.938 bits per heavy atom. The molecule has 0 aromatic carbocycles. The van der Waals surface area contributed by atoms with Crippen molar-refractivity contribution in [2.24, 2.45) is 11.3 Å². The van der Waals surface area contributed by atoms with Gasteiger partial charge in [0.25, 0.3) is 0 Å². The van der Waals surface area contributed by atoms with Crippen LogP contribution in [0.2, 0.25) is 0 Å². The number of hydrogen-bond acceptors (Lipinski definition) is 2. The lowest BCUT2D eigenvalue weighted by atomic mass is 9.79. The molecule has 1 atom stereocenters. The van der Waals surface area contributed by atoms with E-state index in [9.17, 15) is 0 Å². The quantitative estimate of drug-likeness (QED) is 0.377. The van der Waals surface area contributed by atoms with E-state index >= 15 is 0 Å². The molecular formula is C14H30O2. The van der Waals surface area contributed by atoms with Crippen LogP contribution < -0.4 is 0 Å². The van der Waals surface area contributed by atoms with Crippen molar-refractivity contribution in [2.45, 2.75) is 73.3 Å². The second kappa shape index (κ2) is 6.61. The van der Waals surface area contributed by atoms with Gasteiger partial charge in [0.1, 0.15) is 0 Å². The summed E-state index contributed by atoms with van der Waals surface area (Å²) in [6, 6.07) is 0. The Morgan fingerprint density at radius 2 is 1.50 bits per heavy atom. The molecule has 98 valence electrons. The van der Waals surface area contributed by atoms with Crippen LogP contribution in [-0.2, 0) is 9.78 Å². The largest absolute Gasteiger partial charge is 0.236 e. The number of hydrogen-bond donors (Lipinski definition) is 0. The third-order valence-electron chi connectivity index (χ3n) is 2.90. The molecule has 0 aliphatic rings. The minimum Gasteiger partial charge on any atom is -0.236 e. The van der Waals surface area contributed by atoms with Gasteiger partial charge in [-0.2, -0.15) is 0 Å². The van der Waals surface area contributed by atoms with Gasteiger partial charge in [0.05, 0.1) is 12.2 Å². The van der Waals surface area contributed by atoms with Gasteiger partial charge in [-0.15, -0.1) is 0 Å². The number of rotatable bonds is 6. The molecule has 2 nitrogen and oxygen atoms in total. The van der Waals surface area contributed by atoms with E-state index in [-0.39, 0.29) is 5.60 Å². The molecule has 0 aromatic rings. The second-order valence-corrected chi connectivity index (χ2v) is 6.78. The zero-order chi connectivity index (χ0) is 12.8. The topological polar surface area (TPSA) is 18.5 Å². The number of unbranched alkanes of at least 4 members (excludes halogenated alkanes) is 1. The SMILES string of the molecule is CC(CCCCOOC(C)(C)C)C(C)(C)C. The molecule has 16 heavy (non-hydrogen) atoms. The van der Waals surface area contributed by atoms with Crippen LogP contribution in [0.3, 0.4) is 0 Å². The van der Waals surface area contributed by atoms with Crippen LogP contribution in [0, 0.1) is 11.3 Å². The lowest BCUT2D eigenvalue weighted by Gasteiger charge is -2.27. The van der Waals surface area contributed by atoms with Gasteiger partial charge in [-0.1, -0.05) is 40.5 Å². The van der Waals surface area contributed by atoms with Crippen molar-refractivity contribution in [3.8, 4) is 0 Å². The molecule has 0 fully saturated rings. The van der Waals surface area contributed by atoms with Gasteiger partial charge in [0, 0.05) is 0 Å². The van der Waals surface area contributed by atoms with Crippen LogP contribution in [0.1, 0.15) is 67.7 Å². The van der Waals surface area contributed by atoms with E-state index in [1.807, 2.05) is 20.8 Å². The van der Waals surface area contributed by atoms with Crippen LogP contribution in [0.15, 0.2) is 0 Å². The molecule has 0 aliphatic heterocycles. The fourth-order valence-corrected chi connectivity index (χ4v) is 1.26. The van der Waals surface area contributed by atoms with Crippen molar-refractivity contribution in [3.63, 3.8) is 0 Å². The first kappa shape index (κ1) is 15.9. The molecule has 2 heteroatoms. The lowest BCUT2D eigenvalue weighted by molar-refractivity contribution is -0.348. The van der Waals surface area contributed by atoms with E-state index in [1.165, 1.54) is 12.8 Å². The Kier molecular flexibility index (Phi) is 6.57. The van der Waals surface area contributed by atoms with Crippen LogP contribution in [0.25, 0.3) is 0 Å². The first-order chi connectivity index (χ1) is 7.13. The lowest BCUT2D eigenvalue weighted by Crippen LogP contribution is -2.20. The molecule has 1 unspecified atom stereocenters. The zero-order valence-electron chi connectivity index (χ0n) is 12.2. The molecule has 0 saturated heterocycles. The van der Waals surface area contributed by atoms with Crippen LogP contribution in [0.4, 0.5) is 0 Å². The van der Waals surface area contributed by atoms with Gasteiger partial charge >= 0.3 is 0 Å². The monoisotopic (exact) mass is 230 g/mol. The van der Waals surface area contributed by atoms with Crippen molar-refractivity contribution in [1.82, 2.24) is 0 Å². The summed E-state index contributed by atoms with van der Waals surface area (Å²) in [5.74, 6) is 0.760. The third kappa shape index (κ3) is 9.17. The molecular weight excluding hydrogens is 200 g/mol. The van der Waals surface area contributed by atoms with E-state index in [0.717, 1.165) is 12.3 Å². The summed E-state index contributed by atoms with van der Waals surface area (Å²) in [6.07, 6.45) is 3.56. The van der Waals surface area contributed by atoms with Crippen LogP contribution >= 0.6 is 0 Å². The average Bonchev–Trinajstić information content (AvgIpc) is 2.07.